The highest BCUT2D eigenvalue weighted by molar-refractivity contribution is 5.37. The maximum Gasteiger partial charge on any atom is 0.119 e. The van der Waals surface area contributed by atoms with Crippen LogP contribution in [0.2, 0.25) is 0 Å². The molecule has 2 aliphatic rings. The quantitative estimate of drug-likeness (QED) is 0.883. The molecule has 3 heteroatoms. The number of aliphatic hydroxyl groups is 2. The fourth-order valence-corrected chi connectivity index (χ4v) is 5.43. The van der Waals surface area contributed by atoms with E-state index in [0.29, 0.717) is 18.3 Å². The fraction of sp³-hybridized carbons (Fsp3) is 0.714. The Balaban J connectivity index is 1.81. The van der Waals surface area contributed by atoms with Crippen molar-refractivity contribution in [2.24, 2.45) is 17.3 Å². The maximum absolute atomic E-state index is 10.6. The van der Waals surface area contributed by atoms with E-state index in [1.165, 1.54) is 17.5 Å². The molecule has 1 fully saturated rings. The summed E-state index contributed by atoms with van der Waals surface area (Å²) in [7, 11) is 1.72. The minimum atomic E-state index is -0.738. The third-order valence-corrected chi connectivity index (χ3v) is 6.42. The van der Waals surface area contributed by atoms with Crippen molar-refractivity contribution in [1.29, 1.82) is 0 Å². The number of ether oxygens (including phenoxy) is 1. The summed E-state index contributed by atoms with van der Waals surface area (Å²) in [6, 6.07) is 6.44. The van der Waals surface area contributed by atoms with Crippen molar-refractivity contribution in [3.05, 3.63) is 29.3 Å². The van der Waals surface area contributed by atoms with Crippen LogP contribution < -0.4 is 4.74 Å². The minimum Gasteiger partial charge on any atom is -0.497 e. The van der Waals surface area contributed by atoms with Gasteiger partial charge in [0.2, 0.25) is 0 Å². The molecule has 2 aliphatic carbocycles. The van der Waals surface area contributed by atoms with Gasteiger partial charge in [-0.3, -0.25) is 0 Å². The summed E-state index contributed by atoms with van der Waals surface area (Å²) in [6.07, 6.45) is 5.64. The van der Waals surface area contributed by atoms with E-state index in [2.05, 4.69) is 25.1 Å². The van der Waals surface area contributed by atoms with E-state index in [-0.39, 0.29) is 11.5 Å². The number of benzene rings is 1. The maximum atomic E-state index is 10.6. The highest BCUT2D eigenvalue weighted by Gasteiger charge is 2.51. The van der Waals surface area contributed by atoms with Gasteiger partial charge in [0.1, 0.15) is 5.75 Å². The van der Waals surface area contributed by atoms with E-state index in [1.807, 2.05) is 13.8 Å². The molecule has 1 saturated carbocycles. The van der Waals surface area contributed by atoms with E-state index in [1.54, 1.807) is 7.11 Å². The predicted octanol–water partition coefficient (Wildman–Crippen LogP) is 3.74. The molecule has 2 N–H and O–H groups in total. The molecule has 1 unspecified atom stereocenters. The zero-order chi connectivity index (χ0) is 17.5. The molecule has 3 rings (SSSR count). The summed E-state index contributed by atoms with van der Waals surface area (Å²) < 4.78 is 5.35. The summed E-state index contributed by atoms with van der Waals surface area (Å²) in [6.45, 7) is 5.92. The Morgan fingerprint density at radius 2 is 1.96 bits per heavy atom. The Bertz CT molecular complexity index is 589. The lowest BCUT2D eigenvalue weighted by atomic mass is 9.63. The minimum absolute atomic E-state index is 0.188. The molecule has 0 aliphatic heterocycles. The fourth-order valence-electron chi connectivity index (χ4n) is 5.43. The van der Waals surface area contributed by atoms with Gasteiger partial charge in [0, 0.05) is 0 Å². The van der Waals surface area contributed by atoms with Crippen molar-refractivity contribution in [2.45, 2.75) is 71.0 Å². The third kappa shape index (κ3) is 3.34. The van der Waals surface area contributed by atoms with Crippen molar-refractivity contribution in [3.63, 3.8) is 0 Å². The molecule has 1 aromatic carbocycles. The van der Waals surface area contributed by atoms with Gasteiger partial charge >= 0.3 is 0 Å². The van der Waals surface area contributed by atoms with Crippen LogP contribution in [0.25, 0.3) is 0 Å². The van der Waals surface area contributed by atoms with Crippen LogP contribution in [0.4, 0.5) is 0 Å². The van der Waals surface area contributed by atoms with E-state index in [0.717, 1.165) is 31.4 Å². The van der Waals surface area contributed by atoms with Crippen LogP contribution in [-0.4, -0.2) is 29.0 Å². The largest absolute Gasteiger partial charge is 0.497 e. The number of hydrogen-bond acceptors (Lipinski definition) is 3. The molecular formula is C21H32O3. The molecule has 0 amide bonds. The van der Waals surface area contributed by atoms with Gasteiger partial charge < -0.3 is 14.9 Å². The van der Waals surface area contributed by atoms with E-state index in [4.69, 9.17) is 4.74 Å². The number of aryl methyl sites for hydroxylation is 1. The molecule has 1 aromatic rings. The molecule has 0 spiro atoms. The first-order valence-electron chi connectivity index (χ1n) is 9.29. The van der Waals surface area contributed by atoms with Crippen LogP contribution in [-0.2, 0) is 12.8 Å². The van der Waals surface area contributed by atoms with E-state index < -0.39 is 5.60 Å². The third-order valence-electron chi connectivity index (χ3n) is 6.42. The molecule has 24 heavy (non-hydrogen) atoms. The molecule has 0 radical (unpaired) electrons. The van der Waals surface area contributed by atoms with Gasteiger partial charge in [-0.05, 0) is 92.9 Å². The SMILES string of the molecule is COc1ccc2c(c1)CCC([C@@H]1CC[C@H](O)[C@@]1(C)CC(C)(C)O)C2. The van der Waals surface area contributed by atoms with Gasteiger partial charge in [-0.2, -0.15) is 0 Å². The highest BCUT2D eigenvalue weighted by atomic mass is 16.5. The van der Waals surface area contributed by atoms with Crippen molar-refractivity contribution >= 4 is 0 Å². The lowest BCUT2D eigenvalue weighted by Crippen LogP contribution is -2.43. The van der Waals surface area contributed by atoms with Crippen LogP contribution in [0.1, 0.15) is 57.6 Å². The van der Waals surface area contributed by atoms with Crippen LogP contribution in [0.3, 0.4) is 0 Å². The average Bonchev–Trinajstić information content (AvgIpc) is 2.79. The van der Waals surface area contributed by atoms with Crippen LogP contribution in [0.5, 0.6) is 5.75 Å². The predicted molar refractivity (Wildman–Crippen MR) is 96.3 cm³/mol. The van der Waals surface area contributed by atoms with Crippen LogP contribution >= 0.6 is 0 Å². The molecule has 0 saturated heterocycles. The van der Waals surface area contributed by atoms with Gasteiger partial charge in [0.05, 0.1) is 18.8 Å². The van der Waals surface area contributed by atoms with Gasteiger partial charge in [0.25, 0.3) is 0 Å². The molecular weight excluding hydrogens is 300 g/mol. The first kappa shape index (κ1) is 17.8. The summed E-state index contributed by atoms with van der Waals surface area (Å²) in [5.74, 6) is 2.01. The average molecular weight is 332 g/mol. The first-order chi connectivity index (χ1) is 11.2. The number of fused-ring (bicyclic) bond motifs is 1. The molecule has 0 bridgehead atoms. The van der Waals surface area contributed by atoms with Gasteiger partial charge in [0.15, 0.2) is 0 Å². The monoisotopic (exact) mass is 332 g/mol. The first-order valence-corrected chi connectivity index (χ1v) is 9.29. The van der Waals surface area contributed by atoms with Gasteiger partial charge in [-0.1, -0.05) is 13.0 Å². The lowest BCUT2D eigenvalue weighted by molar-refractivity contribution is -0.0518. The summed E-state index contributed by atoms with van der Waals surface area (Å²) in [4.78, 5) is 0. The van der Waals surface area contributed by atoms with E-state index >= 15 is 0 Å². The van der Waals surface area contributed by atoms with Crippen LogP contribution in [0, 0.1) is 17.3 Å². The van der Waals surface area contributed by atoms with Gasteiger partial charge in [-0.25, -0.2) is 0 Å². The Morgan fingerprint density at radius 3 is 2.62 bits per heavy atom. The second-order valence-corrected chi connectivity index (χ2v) is 8.83. The van der Waals surface area contributed by atoms with Gasteiger partial charge in [-0.15, -0.1) is 0 Å². The Kier molecular flexibility index (Phi) is 4.69. The van der Waals surface area contributed by atoms with E-state index in [9.17, 15) is 10.2 Å². The second-order valence-electron chi connectivity index (χ2n) is 8.83. The Hall–Kier alpha value is -1.06. The molecule has 4 atom stereocenters. The van der Waals surface area contributed by atoms with Crippen LogP contribution in [0.15, 0.2) is 18.2 Å². The molecule has 0 heterocycles. The number of aliphatic hydroxyl groups excluding tert-OH is 1. The second kappa shape index (κ2) is 6.34. The normalized spacial score (nSPS) is 33.3. The van der Waals surface area contributed by atoms with Crippen molar-refractivity contribution < 1.29 is 14.9 Å². The van der Waals surface area contributed by atoms with Crippen molar-refractivity contribution in [2.75, 3.05) is 7.11 Å². The van der Waals surface area contributed by atoms with Crippen molar-refractivity contribution in [1.82, 2.24) is 0 Å². The zero-order valence-corrected chi connectivity index (χ0v) is 15.5. The molecule has 3 nitrogen and oxygen atoms in total. The number of hydrogen-bond donors (Lipinski definition) is 2. The summed E-state index contributed by atoms with van der Waals surface area (Å²) in [5, 5.41) is 21.0. The lowest BCUT2D eigenvalue weighted by Gasteiger charge is -2.43. The number of methoxy groups -OCH3 is 1. The highest BCUT2D eigenvalue weighted by Crippen LogP contribution is 2.53. The zero-order valence-electron chi connectivity index (χ0n) is 15.5. The Labute approximate surface area is 146 Å². The summed E-state index contributed by atoms with van der Waals surface area (Å²) >= 11 is 0. The molecule has 134 valence electrons. The number of rotatable bonds is 4. The molecule has 0 aromatic heterocycles. The standard InChI is InChI=1S/C21H32O3/c1-20(2,23)13-21(3)18(9-10-19(21)22)16-6-5-15-12-17(24-4)8-7-14(15)11-16/h7-8,12,16,18-19,22-23H,5-6,9-11,13H2,1-4H3/t16?,18-,19-,21-/m0/s1. The topological polar surface area (TPSA) is 49.7 Å². The van der Waals surface area contributed by atoms with Crippen molar-refractivity contribution in [3.8, 4) is 5.75 Å². The smallest absolute Gasteiger partial charge is 0.119 e. The Morgan fingerprint density at radius 1 is 1.21 bits per heavy atom. The summed E-state index contributed by atoms with van der Waals surface area (Å²) in [5.41, 5.74) is 1.91.